The molecule has 10 aromatic rings. The molecule has 2 aromatic heterocycles. The van der Waals surface area contributed by atoms with Crippen molar-refractivity contribution in [3.63, 3.8) is 0 Å². The molecule has 10 rings (SSSR count). The largest absolute Gasteiger partial charge is 0.309 e. The molecule has 0 radical (unpaired) electrons. The van der Waals surface area contributed by atoms with E-state index in [0.717, 1.165) is 11.4 Å². The Hall–Kier alpha value is -6.00. The van der Waals surface area contributed by atoms with Crippen LogP contribution in [-0.4, -0.2) is 0 Å². The molecule has 0 saturated heterocycles. The predicted octanol–water partition coefficient (Wildman–Crippen LogP) is 14.9. The Balaban J connectivity index is 1.17. The molecule has 1 nitrogen and oxygen atoms in total. The maximum Gasteiger partial charge on any atom is 0.0640 e. The first-order valence-electron chi connectivity index (χ1n) is 17.2. The van der Waals surface area contributed by atoms with Crippen molar-refractivity contribution >= 4 is 80.1 Å². The van der Waals surface area contributed by atoms with Crippen LogP contribution in [0.25, 0.3) is 73.7 Å². The lowest BCUT2D eigenvalue weighted by Crippen LogP contribution is -2.10. The monoisotopic (exact) mass is 685 g/mol. The minimum absolute atomic E-state index is 1.12. The van der Waals surface area contributed by atoms with Gasteiger partial charge in [0.1, 0.15) is 0 Å². The van der Waals surface area contributed by atoms with Crippen LogP contribution in [0.4, 0.5) is 17.1 Å². The molecule has 51 heavy (non-hydrogen) atoms. The molecule has 8 aromatic carbocycles. The molecule has 3 heteroatoms. The van der Waals surface area contributed by atoms with E-state index in [-0.39, 0.29) is 0 Å². The molecule has 0 aliphatic heterocycles. The van der Waals surface area contributed by atoms with Gasteiger partial charge in [-0.15, -0.1) is 22.7 Å². The summed E-state index contributed by atoms with van der Waals surface area (Å²) < 4.78 is 5.24. The second-order valence-corrected chi connectivity index (χ2v) is 15.1. The van der Waals surface area contributed by atoms with Gasteiger partial charge >= 0.3 is 0 Å². The molecule has 0 aliphatic carbocycles. The SMILES string of the molecule is c1ccc(-c2cc(-c3ccccc3)cc(N(c3ccc(-c4ccc5sc6ccccc6c5c4)cc3)c3cccc4c3sc3ccccc34)c2)cc1. The number of benzene rings is 8. The van der Waals surface area contributed by atoms with E-state index in [2.05, 4.69) is 193 Å². The first kappa shape index (κ1) is 29.9. The third-order valence-electron chi connectivity index (χ3n) is 9.85. The lowest BCUT2D eigenvalue weighted by atomic mass is 9.97. The minimum atomic E-state index is 1.12. The molecule has 0 aliphatic rings. The fourth-order valence-electron chi connectivity index (χ4n) is 7.38. The van der Waals surface area contributed by atoms with E-state index in [1.807, 2.05) is 22.7 Å². The summed E-state index contributed by atoms with van der Waals surface area (Å²) in [4.78, 5) is 2.45. The van der Waals surface area contributed by atoms with Gasteiger partial charge in [-0.1, -0.05) is 127 Å². The van der Waals surface area contributed by atoms with Crippen molar-refractivity contribution in [2.45, 2.75) is 0 Å². The van der Waals surface area contributed by atoms with Gasteiger partial charge in [-0.25, -0.2) is 0 Å². The number of fused-ring (bicyclic) bond motifs is 6. The normalized spacial score (nSPS) is 11.5. The van der Waals surface area contributed by atoms with Gasteiger partial charge < -0.3 is 4.90 Å². The first-order chi connectivity index (χ1) is 25.3. The zero-order valence-corrected chi connectivity index (χ0v) is 29.3. The standard InChI is InChI=1S/C48H31NS2/c1-3-12-32(13-4-1)36-28-37(33-14-5-2-6-15-33)30-39(29-36)49(44-19-11-18-42-40-16-7-10-21-46(40)51-48(42)44)38-25-22-34(23-26-38)35-24-27-47-43(31-35)41-17-8-9-20-45(41)50-47/h1-31H. The van der Waals surface area contributed by atoms with Crippen LogP contribution in [0.1, 0.15) is 0 Å². The summed E-state index contributed by atoms with van der Waals surface area (Å²) in [6.07, 6.45) is 0. The van der Waals surface area contributed by atoms with Crippen LogP contribution in [0.5, 0.6) is 0 Å². The summed E-state index contributed by atoms with van der Waals surface area (Å²) in [5, 5.41) is 5.23. The van der Waals surface area contributed by atoms with Gasteiger partial charge in [0.25, 0.3) is 0 Å². The number of rotatable bonds is 6. The van der Waals surface area contributed by atoms with E-state index >= 15 is 0 Å². The zero-order chi connectivity index (χ0) is 33.7. The second kappa shape index (κ2) is 12.4. The van der Waals surface area contributed by atoms with Crippen molar-refractivity contribution in [2.75, 3.05) is 4.90 Å². The number of nitrogens with zero attached hydrogens (tertiary/aromatic N) is 1. The number of hydrogen-bond donors (Lipinski definition) is 0. The Morgan fingerprint density at radius 3 is 1.51 bits per heavy atom. The summed E-state index contributed by atoms with van der Waals surface area (Å²) in [6, 6.07) is 68.7. The van der Waals surface area contributed by atoms with Crippen LogP contribution in [0.2, 0.25) is 0 Å². The Morgan fingerprint density at radius 2 is 0.824 bits per heavy atom. The Labute approximate surface area is 304 Å². The molecule has 0 N–H and O–H groups in total. The highest BCUT2D eigenvalue weighted by Crippen LogP contribution is 2.46. The van der Waals surface area contributed by atoms with E-state index in [0.29, 0.717) is 0 Å². The molecule has 0 amide bonds. The van der Waals surface area contributed by atoms with Gasteiger partial charge in [0.15, 0.2) is 0 Å². The average Bonchev–Trinajstić information content (AvgIpc) is 3.78. The quantitative estimate of drug-likeness (QED) is 0.168. The second-order valence-electron chi connectivity index (χ2n) is 12.9. The van der Waals surface area contributed by atoms with Crippen LogP contribution < -0.4 is 4.90 Å². The van der Waals surface area contributed by atoms with Crippen LogP contribution in [0, 0.1) is 0 Å². The van der Waals surface area contributed by atoms with Crippen molar-refractivity contribution in [3.8, 4) is 33.4 Å². The number of thiophene rings is 2. The summed E-state index contributed by atoms with van der Waals surface area (Å²) in [5.74, 6) is 0. The summed E-state index contributed by atoms with van der Waals surface area (Å²) in [7, 11) is 0. The summed E-state index contributed by atoms with van der Waals surface area (Å²) >= 11 is 3.73. The predicted molar refractivity (Wildman–Crippen MR) is 223 cm³/mol. The highest BCUT2D eigenvalue weighted by atomic mass is 32.1. The van der Waals surface area contributed by atoms with Gasteiger partial charge in [0.05, 0.1) is 10.4 Å². The fourth-order valence-corrected chi connectivity index (χ4v) is 9.67. The van der Waals surface area contributed by atoms with Crippen LogP contribution in [0.3, 0.4) is 0 Å². The molecule has 0 spiro atoms. The fraction of sp³-hybridized carbons (Fsp3) is 0. The topological polar surface area (TPSA) is 3.24 Å². The highest BCUT2D eigenvalue weighted by molar-refractivity contribution is 7.26. The van der Waals surface area contributed by atoms with Crippen molar-refractivity contribution in [2.24, 2.45) is 0 Å². The van der Waals surface area contributed by atoms with Crippen molar-refractivity contribution in [3.05, 3.63) is 188 Å². The zero-order valence-electron chi connectivity index (χ0n) is 27.7. The number of hydrogen-bond acceptors (Lipinski definition) is 3. The van der Waals surface area contributed by atoms with E-state index in [1.165, 1.54) is 79.4 Å². The molecule has 0 bridgehead atoms. The Morgan fingerprint density at radius 1 is 0.294 bits per heavy atom. The van der Waals surface area contributed by atoms with Crippen molar-refractivity contribution < 1.29 is 0 Å². The van der Waals surface area contributed by atoms with Gasteiger partial charge in [-0.2, -0.15) is 0 Å². The lowest BCUT2D eigenvalue weighted by molar-refractivity contribution is 1.30. The minimum Gasteiger partial charge on any atom is -0.309 e. The summed E-state index contributed by atoms with van der Waals surface area (Å²) in [6.45, 7) is 0. The van der Waals surface area contributed by atoms with Crippen LogP contribution in [0.15, 0.2) is 188 Å². The molecule has 240 valence electrons. The molecule has 0 saturated carbocycles. The molecule has 0 unspecified atom stereocenters. The van der Waals surface area contributed by atoms with Crippen LogP contribution >= 0.6 is 22.7 Å². The first-order valence-corrected chi connectivity index (χ1v) is 18.9. The molecule has 0 fully saturated rings. The molecular weight excluding hydrogens is 655 g/mol. The lowest BCUT2D eigenvalue weighted by Gasteiger charge is -2.27. The third-order valence-corrected chi connectivity index (χ3v) is 12.2. The maximum atomic E-state index is 2.45. The highest BCUT2D eigenvalue weighted by Gasteiger charge is 2.20. The van der Waals surface area contributed by atoms with Crippen LogP contribution in [-0.2, 0) is 0 Å². The molecule has 2 heterocycles. The van der Waals surface area contributed by atoms with Crippen molar-refractivity contribution in [1.82, 2.24) is 0 Å². The van der Waals surface area contributed by atoms with Gasteiger partial charge in [0, 0.05) is 47.0 Å². The summed E-state index contributed by atoms with van der Waals surface area (Å²) in [5.41, 5.74) is 10.6. The van der Waals surface area contributed by atoms with E-state index in [4.69, 9.17) is 0 Å². The van der Waals surface area contributed by atoms with Gasteiger partial charge in [0.2, 0.25) is 0 Å². The Kier molecular flexibility index (Phi) is 7.26. The van der Waals surface area contributed by atoms with E-state index < -0.39 is 0 Å². The van der Waals surface area contributed by atoms with E-state index in [9.17, 15) is 0 Å². The molecular formula is C48H31NS2. The number of anilines is 3. The Bertz CT molecular complexity index is 2790. The van der Waals surface area contributed by atoms with Gasteiger partial charge in [-0.05, 0) is 94.0 Å². The third kappa shape index (κ3) is 5.30. The average molecular weight is 686 g/mol. The smallest absolute Gasteiger partial charge is 0.0640 e. The van der Waals surface area contributed by atoms with Gasteiger partial charge in [-0.3, -0.25) is 0 Å². The molecule has 0 atom stereocenters. The van der Waals surface area contributed by atoms with E-state index in [1.54, 1.807) is 0 Å². The van der Waals surface area contributed by atoms with Crippen molar-refractivity contribution in [1.29, 1.82) is 0 Å². The maximum absolute atomic E-state index is 2.45.